The van der Waals surface area contributed by atoms with Crippen LogP contribution in [0.4, 0.5) is 14.9 Å². The molecule has 0 saturated carbocycles. The SMILES string of the molecule is COC(=O)Nc1cnc(-c2cc(-c3ccon3)n(Cc3ccccc3F)n2)nc1. The van der Waals surface area contributed by atoms with Crippen molar-refractivity contribution in [3.8, 4) is 22.9 Å². The molecule has 1 aromatic carbocycles. The number of hydrogen-bond acceptors (Lipinski definition) is 7. The molecule has 0 aliphatic heterocycles. The Kier molecular flexibility index (Phi) is 4.97. The number of hydrogen-bond donors (Lipinski definition) is 1. The van der Waals surface area contributed by atoms with E-state index in [1.807, 2.05) is 0 Å². The van der Waals surface area contributed by atoms with Crippen LogP contribution in [-0.2, 0) is 11.3 Å². The molecule has 4 aromatic rings. The summed E-state index contributed by atoms with van der Waals surface area (Å²) in [5, 5.41) is 10.9. The van der Waals surface area contributed by atoms with E-state index in [0.717, 1.165) is 0 Å². The van der Waals surface area contributed by atoms with Crippen LogP contribution in [-0.4, -0.2) is 38.1 Å². The Morgan fingerprint density at radius 3 is 2.69 bits per heavy atom. The number of methoxy groups -OCH3 is 1. The third-order valence-corrected chi connectivity index (χ3v) is 4.07. The monoisotopic (exact) mass is 394 g/mol. The minimum atomic E-state index is -0.621. The van der Waals surface area contributed by atoms with Crippen molar-refractivity contribution in [2.24, 2.45) is 0 Å². The molecule has 1 N–H and O–H groups in total. The zero-order valence-corrected chi connectivity index (χ0v) is 15.2. The topological polar surface area (TPSA) is 108 Å². The highest BCUT2D eigenvalue weighted by atomic mass is 19.1. The van der Waals surface area contributed by atoms with Crippen LogP contribution in [0.3, 0.4) is 0 Å². The van der Waals surface area contributed by atoms with Crippen molar-refractivity contribution >= 4 is 11.8 Å². The van der Waals surface area contributed by atoms with Gasteiger partial charge < -0.3 is 9.26 Å². The molecular formula is C19H15FN6O3. The van der Waals surface area contributed by atoms with E-state index in [9.17, 15) is 9.18 Å². The van der Waals surface area contributed by atoms with Gasteiger partial charge in [-0.3, -0.25) is 10.00 Å². The number of carbonyl (C=O) groups excluding carboxylic acids is 1. The summed E-state index contributed by atoms with van der Waals surface area (Å²) in [7, 11) is 1.26. The molecule has 0 fully saturated rings. The number of aromatic nitrogens is 5. The van der Waals surface area contributed by atoms with Gasteiger partial charge in [-0.1, -0.05) is 23.4 Å². The van der Waals surface area contributed by atoms with Crippen LogP contribution in [0.1, 0.15) is 5.56 Å². The zero-order chi connectivity index (χ0) is 20.2. The van der Waals surface area contributed by atoms with Crippen molar-refractivity contribution in [3.63, 3.8) is 0 Å². The largest absolute Gasteiger partial charge is 0.453 e. The van der Waals surface area contributed by atoms with Gasteiger partial charge in [0, 0.05) is 11.6 Å². The highest BCUT2D eigenvalue weighted by Crippen LogP contribution is 2.25. The molecule has 0 saturated heterocycles. The number of rotatable bonds is 5. The summed E-state index contributed by atoms with van der Waals surface area (Å²) in [4.78, 5) is 19.7. The Bertz CT molecular complexity index is 1130. The lowest BCUT2D eigenvalue weighted by atomic mass is 10.2. The minimum Gasteiger partial charge on any atom is -0.453 e. The molecule has 1 amide bonds. The summed E-state index contributed by atoms with van der Waals surface area (Å²) in [5.74, 6) is 0.00239. The van der Waals surface area contributed by atoms with Crippen molar-refractivity contribution in [3.05, 3.63) is 66.4 Å². The summed E-state index contributed by atoms with van der Waals surface area (Å²) < 4.78 is 25.2. The fourth-order valence-electron chi connectivity index (χ4n) is 2.68. The summed E-state index contributed by atoms with van der Waals surface area (Å²) >= 11 is 0. The first-order valence-corrected chi connectivity index (χ1v) is 8.53. The first-order chi connectivity index (χ1) is 14.1. The summed E-state index contributed by atoms with van der Waals surface area (Å²) in [6.45, 7) is 0.191. The van der Waals surface area contributed by atoms with Gasteiger partial charge in [0.2, 0.25) is 0 Å². The Morgan fingerprint density at radius 2 is 2.00 bits per heavy atom. The number of amides is 1. The minimum absolute atomic E-state index is 0.191. The third-order valence-electron chi connectivity index (χ3n) is 4.07. The fourth-order valence-corrected chi connectivity index (χ4v) is 2.68. The molecule has 0 radical (unpaired) electrons. The van der Waals surface area contributed by atoms with Crippen LogP contribution in [0, 0.1) is 5.82 Å². The van der Waals surface area contributed by atoms with E-state index in [2.05, 4.69) is 30.3 Å². The van der Waals surface area contributed by atoms with Crippen LogP contribution in [0.5, 0.6) is 0 Å². The van der Waals surface area contributed by atoms with Gasteiger partial charge in [0.1, 0.15) is 23.5 Å². The van der Waals surface area contributed by atoms with E-state index in [1.54, 1.807) is 35.0 Å². The van der Waals surface area contributed by atoms with Gasteiger partial charge in [0.05, 0.1) is 37.4 Å². The lowest BCUT2D eigenvalue weighted by Gasteiger charge is -2.06. The smallest absolute Gasteiger partial charge is 0.411 e. The molecule has 0 unspecified atom stereocenters. The lowest BCUT2D eigenvalue weighted by Crippen LogP contribution is -2.11. The summed E-state index contributed by atoms with van der Waals surface area (Å²) in [6, 6.07) is 9.89. The maximum Gasteiger partial charge on any atom is 0.411 e. The number of nitrogens with one attached hydrogen (secondary N) is 1. The molecule has 0 aliphatic carbocycles. The van der Waals surface area contributed by atoms with Gasteiger partial charge in [-0.05, 0) is 12.1 Å². The quantitative estimate of drug-likeness (QED) is 0.553. The van der Waals surface area contributed by atoms with Gasteiger partial charge in [0.15, 0.2) is 5.82 Å². The Morgan fingerprint density at radius 1 is 1.21 bits per heavy atom. The Balaban J connectivity index is 1.68. The first-order valence-electron chi connectivity index (χ1n) is 8.53. The Hall–Kier alpha value is -4.08. The normalized spacial score (nSPS) is 10.7. The van der Waals surface area contributed by atoms with Crippen molar-refractivity contribution in [2.75, 3.05) is 12.4 Å². The van der Waals surface area contributed by atoms with Gasteiger partial charge in [-0.2, -0.15) is 5.10 Å². The molecule has 146 valence electrons. The molecule has 3 aromatic heterocycles. The highest BCUT2D eigenvalue weighted by molar-refractivity contribution is 5.84. The third kappa shape index (κ3) is 3.95. The standard InChI is InChI=1S/C19H15FN6O3/c1-28-19(27)23-13-9-21-18(22-10-13)16-8-17(15-6-7-29-25-15)26(24-16)11-12-4-2-3-5-14(12)20/h2-10H,11H2,1H3,(H,23,27). The average Bonchev–Trinajstić information content (AvgIpc) is 3.40. The van der Waals surface area contributed by atoms with Gasteiger partial charge in [-0.15, -0.1) is 0 Å². The highest BCUT2D eigenvalue weighted by Gasteiger charge is 2.17. The second-order valence-corrected chi connectivity index (χ2v) is 5.96. The number of carbonyl (C=O) groups is 1. The van der Waals surface area contributed by atoms with Crippen molar-refractivity contribution in [1.82, 2.24) is 24.9 Å². The van der Waals surface area contributed by atoms with Gasteiger partial charge in [-0.25, -0.2) is 19.2 Å². The van der Waals surface area contributed by atoms with Crippen molar-refractivity contribution in [1.29, 1.82) is 0 Å². The second kappa shape index (κ2) is 7.89. The fraction of sp³-hybridized carbons (Fsp3) is 0.105. The van der Waals surface area contributed by atoms with Gasteiger partial charge in [0.25, 0.3) is 0 Å². The zero-order valence-electron chi connectivity index (χ0n) is 15.2. The molecule has 0 bridgehead atoms. The molecule has 9 nitrogen and oxygen atoms in total. The second-order valence-electron chi connectivity index (χ2n) is 5.96. The molecule has 29 heavy (non-hydrogen) atoms. The van der Waals surface area contributed by atoms with Crippen LogP contribution < -0.4 is 5.32 Å². The Labute approximate surface area is 164 Å². The molecule has 4 rings (SSSR count). The van der Waals surface area contributed by atoms with E-state index < -0.39 is 6.09 Å². The number of halogens is 1. The number of anilines is 1. The summed E-state index contributed by atoms with van der Waals surface area (Å²) in [6.07, 6.45) is 3.69. The maximum absolute atomic E-state index is 14.1. The molecule has 10 heteroatoms. The van der Waals surface area contributed by atoms with Crippen LogP contribution in [0.15, 0.2) is 59.6 Å². The summed E-state index contributed by atoms with van der Waals surface area (Å²) in [5.41, 5.74) is 2.49. The van der Waals surface area contributed by atoms with E-state index in [1.165, 1.54) is 31.8 Å². The maximum atomic E-state index is 14.1. The van der Waals surface area contributed by atoms with Crippen LogP contribution >= 0.6 is 0 Å². The van der Waals surface area contributed by atoms with Gasteiger partial charge >= 0.3 is 6.09 Å². The number of nitrogens with zero attached hydrogens (tertiary/aromatic N) is 5. The van der Waals surface area contributed by atoms with E-state index in [0.29, 0.717) is 34.2 Å². The first kappa shape index (κ1) is 18.3. The molecule has 0 aliphatic rings. The average molecular weight is 394 g/mol. The number of benzene rings is 1. The van der Waals surface area contributed by atoms with E-state index in [-0.39, 0.29) is 12.4 Å². The molecule has 3 heterocycles. The number of ether oxygens (including phenoxy) is 1. The van der Waals surface area contributed by atoms with E-state index in [4.69, 9.17) is 4.52 Å². The predicted molar refractivity (Wildman–Crippen MR) is 100 cm³/mol. The molecular weight excluding hydrogens is 379 g/mol. The van der Waals surface area contributed by atoms with E-state index >= 15 is 0 Å². The van der Waals surface area contributed by atoms with Crippen molar-refractivity contribution in [2.45, 2.75) is 6.54 Å². The molecule has 0 spiro atoms. The molecule has 0 atom stereocenters. The lowest BCUT2D eigenvalue weighted by molar-refractivity contribution is 0.187. The van der Waals surface area contributed by atoms with Crippen LogP contribution in [0.25, 0.3) is 22.9 Å². The van der Waals surface area contributed by atoms with Crippen LogP contribution in [0.2, 0.25) is 0 Å². The van der Waals surface area contributed by atoms with Crippen molar-refractivity contribution < 1.29 is 18.4 Å². The predicted octanol–water partition coefficient (Wildman–Crippen LogP) is 3.36.